The first-order valence-corrected chi connectivity index (χ1v) is 16.2. The molecule has 3 heteroatoms. The zero-order chi connectivity index (χ0) is 30.7. The first kappa shape index (κ1) is 25.1. The second-order valence-corrected chi connectivity index (χ2v) is 12.6. The Bertz CT molecular complexity index is 2750. The van der Waals surface area contributed by atoms with Gasteiger partial charge >= 0.3 is 0 Å². The van der Waals surface area contributed by atoms with Gasteiger partial charge in [0.2, 0.25) is 0 Å². The van der Waals surface area contributed by atoms with Gasteiger partial charge in [0.25, 0.3) is 0 Å². The van der Waals surface area contributed by atoms with Crippen LogP contribution in [0.3, 0.4) is 0 Å². The highest BCUT2D eigenvalue weighted by Crippen LogP contribution is 2.62. The molecule has 7 aromatic carbocycles. The Hall–Kier alpha value is -6.19. The summed E-state index contributed by atoms with van der Waals surface area (Å²) in [5, 5.41) is 2.28. The van der Waals surface area contributed by atoms with E-state index < -0.39 is 5.41 Å². The molecule has 3 nitrogen and oxygen atoms in total. The number of imidazole rings is 1. The fourth-order valence-electron chi connectivity index (χ4n) is 8.67. The molecule has 218 valence electrons. The Morgan fingerprint density at radius 2 is 1.15 bits per heavy atom. The Morgan fingerprint density at radius 3 is 2.09 bits per heavy atom. The van der Waals surface area contributed by atoms with Crippen molar-refractivity contribution in [3.8, 4) is 39.3 Å². The van der Waals surface area contributed by atoms with Gasteiger partial charge in [0.1, 0.15) is 17.0 Å². The van der Waals surface area contributed by atoms with E-state index in [1.54, 1.807) is 0 Å². The minimum atomic E-state index is -0.524. The lowest BCUT2D eigenvalue weighted by Crippen LogP contribution is -2.33. The van der Waals surface area contributed by atoms with Gasteiger partial charge in [-0.05, 0) is 57.1 Å². The van der Waals surface area contributed by atoms with Crippen LogP contribution in [0, 0.1) is 0 Å². The molecular weight excluding hydrogens is 572 g/mol. The van der Waals surface area contributed by atoms with Crippen LogP contribution in [0.1, 0.15) is 22.3 Å². The number of hydrogen-bond donors (Lipinski definition) is 0. The van der Waals surface area contributed by atoms with Crippen LogP contribution >= 0.6 is 0 Å². The maximum absolute atomic E-state index is 6.61. The predicted molar refractivity (Wildman–Crippen MR) is 190 cm³/mol. The Kier molecular flexibility index (Phi) is 4.78. The maximum Gasteiger partial charge on any atom is 0.145 e. The van der Waals surface area contributed by atoms with Crippen LogP contribution in [0.15, 0.2) is 162 Å². The molecule has 0 radical (unpaired) electrons. The number of benzene rings is 7. The molecule has 3 heterocycles. The van der Waals surface area contributed by atoms with E-state index in [0.717, 1.165) is 49.9 Å². The normalized spacial score (nSPS) is 15.7. The van der Waals surface area contributed by atoms with Crippen LogP contribution in [0.5, 0.6) is 0 Å². The number of nitrogens with zero attached hydrogens (tertiary/aromatic N) is 2. The third-order valence-corrected chi connectivity index (χ3v) is 10.4. The van der Waals surface area contributed by atoms with E-state index in [2.05, 4.69) is 156 Å². The Balaban J connectivity index is 1.29. The summed E-state index contributed by atoms with van der Waals surface area (Å²) >= 11 is 0. The molecule has 9 aromatic rings. The summed E-state index contributed by atoms with van der Waals surface area (Å²) in [6.45, 7) is 0. The van der Waals surface area contributed by atoms with Crippen molar-refractivity contribution < 1.29 is 4.42 Å². The van der Waals surface area contributed by atoms with E-state index in [0.29, 0.717) is 0 Å². The minimum absolute atomic E-state index is 0.524. The Morgan fingerprint density at radius 1 is 0.489 bits per heavy atom. The van der Waals surface area contributed by atoms with E-state index in [4.69, 9.17) is 9.40 Å². The van der Waals surface area contributed by atoms with Crippen molar-refractivity contribution in [2.24, 2.45) is 0 Å². The predicted octanol–water partition coefficient (Wildman–Crippen LogP) is 10.9. The highest BCUT2D eigenvalue weighted by molar-refractivity contribution is 6.11. The molecule has 0 N–H and O–H groups in total. The summed E-state index contributed by atoms with van der Waals surface area (Å²) < 4.78 is 8.99. The lowest BCUT2D eigenvalue weighted by molar-refractivity contribution is 0.670. The molecule has 47 heavy (non-hydrogen) atoms. The van der Waals surface area contributed by atoms with Crippen LogP contribution in [-0.4, -0.2) is 9.55 Å². The number of rotatable bonds is 2. The van der Waals surface area contributed by atoms with Crippen molar-refractivity contribution in [3.63, 3.8) is 0 Å². The molecule has 0 amide bonds. The molecule has 1 spiro atoms. The van der Waals surface area contributed by atoms with Gasteiger partial charge in [0.05, 0.1) is 22.1 Å². The minimum Gasteiger partial charge on any atom is -0.455 e. The SMILES string of the molecule is c1ccc(-c2nc3cccc4c3n2-c2ccccc2C42c3ccccc3-c3c(-c4cccc5c4oc4ccccc45)cccc32)cc1. The summed E-state index contributed by atoms with van der Waals surface area (Å²) in [7, 11) is 0. The van der Waals surface area contributed by atoms with Crippen molar-refractivity contribution in [1.82, 2.24) is 9.55 Å². The number of fused-ring (bicyclic) bond motifs is 12. The summed E-state index contributed by atoms with van der Waals surface area (Å²) in [6.07, 6.45) is 0. The molecule has 2 aliphatic rings. The van der Waals surface area contributed by atoms with Gasteiger partial charge in [0.15, 0.2) is 0 Å². The second kappa shape index (κ2) is 8.96. The summed E-state index contributed by atoms with van der Waals surface area (Å²) in [4.78, 5) is 5.29. The molecule has 0 saturated heterocycles. The second-order valence-electron chi connectivity index (χ2n) is 12.6. The first-order valence-electron chi connectivity index (χ1n) is 16.2. The quantitative estimate of drug-likeness (QED) is 0.198. The van der Waals surface area contributed by atoms with Gasteiger partial charge in [-0.25, -0.2) is 4.98 Å². The van der Waals surface area contributed by atoms with Crippen LogP contribution in [0.4, 0.5) is 0 Å². The molecule has 0 bridgehead atoms. The van der Waals surface area contributed by atoms with E-state index in [1.165, 1.54) is 44.6 Å². The average Bonchev–Trinajstić information content (AvgIpc) is 3.81. The zero-order valence-electron chi connectivity index (χ0n) is 25.3. The molecule has 2 aromatic heterocycles. The van der Waals surface area contributed by atoms with E-state index in [9.17, 15) is 0 Å². The van der Waals surface area contributed by atoms with Gasteiger partial charge in [-0.15, -0.1) is 0 Å². The topological polar surface area (TPSA) is 31.0 Å². The van der Waals surface area contributed by atoms with Crippen LogP contribution in [-0.2, 0) is 5.41 Å². The first-order chi connectivity index (χ1) is 23.3. The summed E-state index contributed by atoms with van der Waals surface area (Å²) in [5.41, 5.74) is 15.7. The molecular formula is C44H26N2O. The van der Waals surface area contributed by atoms with E-state index >= 15 is 0 Å². The zero-order valence-corrected chi connectivity index (χ0v) is 25.3. The molecule has 1 aliphatic heterocycles. The highest BCUT2D eigenvalue weighted by Gasteiger charge is 2.51. The van der Waals surface area contributed by atoms with Crippen molar-refractivity contribution >= 4 is 33.0 Å². The molecule has 1 aliphatic carbocycles. The smallest absolute Gasteiger partial charge is 0.145 e. The molecule has 1 unspecified atom stereocenters. The molecule has 0 saturated carbocycles. The van der Waals surface area contributed by atoms with Crippen molar-refractivity contribution in [2.45, 2.75) is 5.41 Å². The van der Waals surface area contributed by atoms with E-state index in [-0.39, 0.29) is 0 Å². The molecule has 1 atom stereocenters. The number of furan rings is 1. The van der Waals surface area contributed by atoms with Gasteiger partial charge in [-0.2, -0.15) is 0 Å². The van der Waals surface area contributed by atoms with E-state index in [1.807, 2.05) is 6.07 Å². The molecule has 0 fully saturated rings. The Labute approximate surface area is 271 Å². The van der Waals surface area contributed by atoms with Gasteiger partial charge < -0.3 is 4.42 Å². The molecule has 11 rings (SSSR count). The summed E-state index contributed by atoms with van der Waals surface area (Å²) in [5.74, 6) is 0.965. The van der Waals surface area contributed by atoms with Crippen molar-refractivity contribution in [1.29, 1.82) is 0 Å². The van der Waals surface area contributed by atoms with Crippen molar-refractivity contribution in [3.05, 3.63) is 180 Å². The van der Waals surface area contributed by atoms with Crippen LogP contribution < -0.4 is 0 Å². The standard InChI is InChI=1S/C44H26N2O/c1-2-13-27(14-3-1)43-45-37-24-12-23-36-41(37)46(43)38-25-8-7-21-34(38)44(36)33-20-6-4-16-32(33)40-29(17-11-22-35(40)44)31-19-10-18-30-28-15-5-9-26-39(28)47-42(30)31/h1-26H. The highest BCUT2D eigenvalue weighted by atomic mass is 16.3. The van der Waals surface area contributed by atoms with Gasteiger partial charge in [-0.3, -0.25) is 4.57 Å². The monoisotopic (exact) mass is 598 g/mol. The van der Waals surface area contributed by atoms with Gasteiger partial charge in [-0.1, -0.05) is 140 Å². The lowest BCUT2D eigenvalue weighted by atomic mass is 9.65. The third kappa shape index (κ3) is 3.04. The maximum atomic E-state index is 6.61. The average molecular weight is 599 g/mol. The van der Waals surface area contributed by atoms with Crippen LogP contribution in [0.25, 0.3) is 72.3 Å². The van der Waals surface area contributed by atoms with Crippen molar-refractivity contribution in [2.75, 3.05) is 0 Å². The third-order valence-electron chi connectivity index (χ3n) is 10.4. The number of para-hydroxylation sites is 4. The van der Waals surface area contributed by atoms with Gasteiger partial charge in [0, 0.05) is 21.9 Å². The largest absolute Gasteiger partial charge is 0.455 e. The number of hydrogen-bond acceptors (Lipinski definition) is 2. The fraction of sp³-hybridized carbons (Fsp3) is 0.0227. The van der Waals surface area contributed by atoms with Crippen LogP contribution in [0.2, 0.25) is 0 Å². The summed E-state index contributed by atoms with van der Waals surface area (Å²) in [6, 6.07) is 56.9. The lowest BCUT2D eigenvalue weighted by Gasteiger charge is -2.39. The fourth-order valence-corrected chi connectivity index (χ4v) is 8.67. The number of aromatic nitrogens is 2.